The molecule has 170 valence electrons. The number of benzene rings is 1. The molecule has 0 atom stereocenters. The first-order chi connectivity index (χ1) is 15.5. The Bertz CT molecular complexity index is 1090. The highest BCUT2D eigenvalue weighted by Gasteiger charge is 2.29. The second-order valence-electron chi connectivity index (χ2n) is 7.80. The SMILES string of the molecule is Fc1cc(-n2cnc(Nc3cc(C(F)F)cc(N4CCN(C5COC5)CC4)c3)n2)ccn1.[HH]. The van der Waals surface area contributed by atoms with Gasteiger partial charge in [0.15, 0.2) is 0 Å². The lowest BCUT2D eigenvalue weighted by Crippen LogP contribution is -2.56. The van der Waals surface area contributed by atoms with Gasteiger partial charge >= 0.3 is 0 Å². The zero-order valence-corrected chi connectivity index (χ0v) is 17.2. The van der Waals surface area contributed by atoms with Gasteiger partial charge in [-0.3, -0.25) is 4.90 Å². The molecule has 0 amide bonds. The molecule has 2 fully saturated rings. The molecule has 0 aliphatic carbocycles. The number of halogens is 3. The van der Waals surface area contributed by atoms with Crippen LogP contribution in [0, 0.1) is 5.95 Å². The largest absolute Gasteiger partial charge is 0.378 e. The van der Waals surface area contributed by atoms with Crippen molar-refractivity contribution in [1.29, 1.82) is 0 Å². The predicted octanol–water partition coefficient (Wildman–Crippen LogP) is 3.25. The summed E-state index contributed by atoms with van der Waals surface area (Å²) in [5, 5.41) is 7.25. The Morgan fingerprint density at radius 1 is 1.03 bits per heavy atom. The molecule has 0 spiro atoms. The highest BCUT2D eigenvalue weighted by molar-refractivity contribution is 5.64. The van der Waals surface area contributed by atoms with Crippen LogP contribution in [0.3, 0.4) is 0 Å². The van der Waals surface area contributed by atoms with Gasteiger partial charge in [0.25, 0.3) is 6.43 Å². The third-order valence-electron chi connectivity index (χ3n) is 5.73. The number of rotatable bonds is 6. The normalized spacial score (nSPS) is 17.6. The Balaban J connectivity index is 0.00000259. The molecule has 0 bridgehead atoms. The summed E-state index contributed by atoms with van der Waals surface area (Å²) in [6, 6.07) is 8.03. The Labute approximate surface area is 184 Å². The highest BCUT2D eigenvalue weighted by atomic mass is 19.3. The quantitative estimate of drug-likeness (QED) is 0.582. The maximum Gasteiger partial charge on any atom is 0.263 e. The Hall–Kier alpha value is -3.18. The zero-order valence-electron chi connectivity index (χ0n) is 17.2. The molecule has 0 unspecified atom stereocenters. The van der Waals surface area contributed by atoms with Gasteiger partial charge in [0, 0.05) is 56.8 Å². The fourth-order valence-corrected chi connectivity index (χ4v) is 3.90. The van der Waals surface area contributed by atoms with E-state index in [9.17, 15) is 13.2 Å². The minimum absolute atomic E-state index is 0. The predicted molar refractivity (Wildman–Crippen MR) is 114 cm³/mol. The number of pyridine rings is 1. The summed E-state index contributed by atoms with van der Waals surface area (Å²) in [4.78, 5) is 12.2. The van der Waals surface area contributed by atoms with Crippen LogP contribution in [0.2, 0.25) is 0 Å². The van der Waals surface area contributed by atoms with Gasteiger partial charge < -0.3 is 15.0 Å². The number of nitrogens with zero attached hydrogens (tertiary/aromatic N) is 6. The van der Waals surface area contributed by atoms with Crippen molar-refractivity contribution in [1.82, 2.24) is 24.6 Å². The van der Waals surface area contributed by atoms with E-state index in [1.807, 2.05) is 6.07 Å². The molecule has 1 N–H and O–H groups in total. The van der Waals surface area contributed by atoms with E-state index >= 15 is 0 Å². The third kappa shape index (κ3) is 4.39. The molecule has 1 aromatic carbocycles. The van der Waals surface area contributed by atoms with Crippen LogP contribution in [0.5, 0.6) is 0 Å². The molecular formula is C21H24F3N7O. The monoisotopic (exact) mass is 447 g/mol. The molecule has 0 radical (unpaired) electrons. The summed E-state index contributed by atoms with van der Waals surface area (Å²) in [5.41, 5.74) is 1.57. The van der Waals surface area contributed by atoms with Crippen LogP contribution in [0.1, 0.15) is 13.4 Å². The van der Waals surface area contributed by atoms with E-state index in [4.69, 9.17) is 4.74 Å². The van der Waals surface area contributed by atoms with E-state index in [2.05, 4.69) is 30.2 Å². The van der Waals surface area contributed by atoms with Gasteiger partial charge in [0.2, 0.25) is 11.9 Å². The second kappa shape index (κ2) is 8.75. The first kappa shape index (κ1) is 20.7. The molecular weight excluding hydrogens is 423 g/mol. The van der Waals surface area contributed by atoms with Gasteiger partial charge in [-0.1, -0.05) is 0 Å². The molecule has 2 aliphatic heterocycles. The van der Waals surface area contributed by atoms with Crippen molar-refractivity contribution in [3.8, 4) is 5.69 Å². The molecule has 32 heavy (non-hydrogen) atoms. The van der Waals surface area contributed by atoms with Gasteiger partial charge in [-0.2, -0.15) is 9.37 Å². The van der Waals surface area contributed by atoms with Crippen molar-refractivity contribution in [2.24, 2.45) is 0 Å². The Morgan fingerprint density at radius 2 is 1.84 bits per heavy atom. The molecule has 2 aromatic heterocycles. The fraction of sp³-hybridized carbons (Fsp3) is 0.381. The van der Waals surface area contributed by atoms with Crippen LogP contribution in [0.4, 0.5) is 30.5 Å². The molecule has 0 saturated carbocycles. The molecule has 8 nitrogen and oxygen atoms in total. The maximum absolute atomic E-state index is 13.6. The first-order valence-corrected chi connectivity index (χ1v) is 10.4. The van der Waals surface area contributed by atoms with E-state index in [1.165, 1.54) is 35.4 Å². The van der Waals surface area contributed by atoms with Crippen LogP contribution in [-0.4, -0.2) is 70.1 Å². The Morgan fingerprint density at radius 3 is 2.53 bits per heavy atom. The van der Waals surface area contributed by atoms with Crippen molar-refractivity contribution in [2.75, 3.05) is 49.6 Å². The summed E-state index contributed by atoms with van der Waals surface area (Å²) >= 11 is 0. The third-order valence-corrected chi connectivity index (χ3v) is 5.73. The van der Waals surface area contributed by atoms with E-state index in [1.54, 1.807) is 6.07 Å². The minimum atomic E-state index is -2.60. The fourth-order valence-electron chi connectivity index (χ4n) is 3.90. The summed E-state index contributed by atoms with van der Waals surface area (Å²) in [6.07, 6.45) is 0.141. The van der Waals surface area contributed by atoms with Crippen LogP contribution >= 0.6 is 0 Å². The van der Waals surface area contributed by atoms with E-state index in [0.29, 0.717) is 17.4 Å². The average Bonchev–Trinajstić information content (AvgIpc) is 3.21. The molecule has 11 heteroatoms. The van der Waals surface area contributed by atoms with Crippen LogP contribution in [-0.2, 0) is 4.74 Å². The molecule has 4 heterocycles. The molecule has 5 rings (SSSR count). The number of ether oxygens (including phenoxy) is 1. The van der Waals surface area contributed by atoms with E-state index < -0.39 is 12.4 Å². The van der Waals surface area contributed by atoms with Gasteiger partial charge in [0.05, 0.1) is 24.9 Å². The number of alkyl halides is 2. The maximum atomic E-state index is 13.6. The summed E-state index contributed by atoms with van der Waals surface area (Å²) in [5.74, 6) is -0.416. The lowest BCUT2D eigenvalue weighted by atomic mass is 10.1. The van der Waals surface area contributed by atoms with Crippen molar-refractivity contribution in [3.05, 3.63) is 54.4 Å². The van der Waals surface area contributed by atoms with Crippen molar-refractivity contribution in [2.45, 2.75) is 12.5 Å². The van der Waals surface area contributed by atoms with Gasteiger partial charge in [-0.25, -0.2) is 18.4 Å². The summed E-state index contributed by atoms with van der Waals surface area (Å²) in [7, 11) is 0. The lowest BCUT2D eigenvalue weighted by molar-refractivity contribution is -0.0660. The number of aromatic nitrogens is 4. The zero-order chi connectivity index (χ0) is 22.1. The number of nitrogens with one attached hydrogen (secondary N) is 1. The van der Waals surface area contributed by atoms with Gasteiger partial charge in [0.1, 0.15) is 6.33 Å². The molecule has 2 saturated heterocycles. The highest BCUT2D eigenvalue weighted by Crippen LogP contribution is 2.30. The first-order valence-electron chi connectivity index (χ1n) is 10.4. The lowest BCUT2D eigenvalue weighted by Gasteiger charge is -2.43. The molecule has 3 aromatic rings. The number of piperazine rings is 1. The van der Waals surface area contributed by atoms with E-state index in [0.717, 1.165) is 45.1 Å². The van der Waals surface area contributed by atoms with Crippen LogP contribution in [0.15, 0.2) is 42.9 Å². The average molecular weight is 447 g/mol. The summed E-state index contributed by atoms with van der Waals surface area (Å²) in [6.45, 7) is 4.77. The van der Waals surface area contributed by atoms with Crippen LogP contribution in [0.25, 0.3) is 5.69 Å². The van der Waals surface area contributed by atoms with Gasteiger partial charge in [-0.15, -0.1) is 5.10 Å². The Kier molecular flexibility index (Phi) is 5.66. The smallest absolute Gasteiger partial charge is 0.263 e. The number of anilines is 3. The second-order valence-corrected chi connectivity index (χ2v) is 7.80. The number of hydrogen-bond acceptors (Lipinski definition) is 7. The minimum Gasteiger partial charge on any atom is -0.378 e. The van der Waals surface area contributed by atoms with Crippen LogP contribution < -0.4 is 10.2 Å². The van der Waals surface area contributed by atoms with Gasteiger partial charge in [-0.05, 0) is 24.3 Å². The number of hydrogen-bond donors (Lipinski definition) is 1. The van der Waals surface area contributed by atoms with Crippen molar-refractivity contribution < 1.29 is 19.3 Å². The summed E-state index contributed by atoms with van der Waals surface area (Å²) < 4.78 is 47.2. The topological polar surface area (TPSA) is 71.3 Å². The van der Waals surface area contributed by atoms with Crippen molar-refractivity contribution in [3.63, 3.8) is 0 Å². The molecule has 2 aliphatic rings. The standard InChI is InChI=1S/C21H22F3N7O.H2/c22-19-10-16(1-2-25-19)31-13-26-21(28-31)27-15-7-14(20(23)24)8-17(9-15)29-3-5-30(6-4-29)18-11-32-12-18;/h1-2,7-10,13,18,20H,3-6,11-12H2,(H,27,28);1H. The van der Waals surface area contributed by atoms with Crippen molar-refractivity contribution >= 4 is 17.3 Å². The van der Waals surface area contributed by atoms with E-state index in [-0.39, 0.29) is 12.9 Å².